The van der Waals surface area contributed by atoms with Gasteiger partial charge in [0.15, 0.2) is 0 Å². The number of hydrogen-bond donors (Lipinski definition) is 1. The lowest BCUT2D eigenvalue weighted by molar-refractivity contribution is -0.141. The fourth-order valence-corrected chi connectivity index (χ4v) is 1.70. The molecule has 0 fully saturated rings. The van der Waals surface area contributed by atoms with E-state index < -0.39 is 0 Å². The second kappa shape index (κ2) is 7.07. The van der Waals surface area contributed by atoms with Gasteiger partial charge < -0.3 is 10.1 Å². The fourth-order valence-electron chi connectivity index (χ4n) is 1.70. The Bertz CT molecular complexity index is 374. The second-order valence-corrected chi connectivity index (χ2v) is 4.16. The largest absolute Gasteiger partial charge is 0.465 e. The number of hydrogen-bond acceptors (Lipinski definition) is 3. The first-order valence-electron chi connectivity index (χ1n) is 6.06. The van der Waals surface area contributed by atoms with Crippen LogP contribution in [0.3, 0.4) is 0 Å². The van der Waals surface area contributed by atoms with Crippen LogP contribution in [0.1, 0.15) is 23.6 Å². The maximum absolute atomic E-state index is 11.1. The van der Waals surface area contributed by atoms with Crippen LogP contribution >= 0.6 is 0 Å². The maximum Gasteiger partial charge on any atom is 0.319 e. The van der Waals surface area contributed by atoms with E-state index in [1.165, 1.54) is 16.7 Å². The number of esters is 1. The Hall–Kier alpha value is -1.35. The molecule has 0 aliphatic carbocycles. The summed E-state index contributed by atoms with van der Waals surface area (Å²) in [5, 5.41) is 3.09. The van der Waals surface area contributed by atoms with Crippen LogP contribution in [-0.4, -0.2) is 25.7 Å². The van der Waals surface area contributed by atoms with Gasteiger partial charge in [-0.1, -0.05) is 23.8 Å². The third kappa shape index (κ3) is 5.00. The van der Waals surface area contributed by atoms with Crippen molar-refractivity contribution in [3.05, 3.63) is 34.9 Å². The van der Waals surface area contributed by atoms with E-state index >= 15 is 0 Å². The van der Waals surface area contributed by atoms with Gasteiger partial charge >= 0.3 is 5.97 Å². The van der Waals surface area contributed by atoms with Crippen molar-refractivity contribution in [3.8, 4) is 0 Å². The first-order valence-corrected chi connectivity index (χ1v) is 6.06. The number of nitrogens with one attached hydrogen (secondary N) is 1. The number of carbonyl (C=O) groups excluding carboxylic acids is 1. The van der Waals surface area contributed by atoms with Crippen molar-refractivity contribution >= 4 is 5.97 Å². The molecule has 17 heavy (non-hydrogen) atoms. The molecular formula is C14H21NO2. The van der Waals surface area contributed by atoms with Crippen molar-refractivity contribution in [1.29, 1.82) is 0 Å². The molecule has 0 saturated heterocycles. The van der Waals surface area contributed by atoms with Crippen molar-refractivity contribution < 1.29 is 9.53 Å². The second-order valence-electron chi connectivity index (χ2n) is 4.16. The zero-order chi connectivity index (χ0) is 12.7. The smallest absolute Gasteiger partial charge is 0.319 e. The molecule has 0 heterocycles. The Labute approximate surface area is 103 Å². The van der Waals surface area contributed by atoms with Crippen molar-refractivity contribution in [1.82, 2.24) is 5.32 Å². The molecule has 0 bridgehead atoms. The summed E-state index contributed by atoms with van der Waals surface area (Å²) < 4.78 is 4.84. The van der Waals surface area contributed by atoms with E-state index in [0.717, 1.165) is 13.0 Å². The molecule has 0 aliphatic rings. The van der Waals surface area contributed by atoms with Crippen LogP contribution in [0.5, 0.6) is 0 Å². The van der Waals surface area contributed by atoms with Gasteiger partial charge in [-0.15, -0.1) is 0 Å². The Balaban J connectivity index is 2.31. The normalized spacial score (nSPS) is 10.3. The highest BCUT2D eigenvalue weighted by Gasteiger charge is 2.01. The first-order chi connectivity index (χ1) is 8.13. The Kier molecular flexibility index (Phi) is 5.70. The SMILES string of the molecule is CCOC(=O)CNCCc1cc(C)ccc1C. The molecule has 3 nitrogen and oxygen atoms in total. The fraction of sp³-hybridized carbons (Fsp3) is 0.500. The van der Waals surface area contributed by atoms with Crippen LogP contribution in [-0.2, 0) is 16.0 Å². The minimum absolute atomic E-state index is 0.187. The molecular weight excluding hydrogens is 214 g/mol. The van der Waals surface area contributed by atoms with Gasteiger partial charge in [-0.3, -0.25) is 4.79 Å². The number of aryl methyl sites for hydroxylation is 2. The molecule has 0 amide bonds. The predicted molar refractivity (Wildman–Crippen MR) is 69.1 cm³/mol. The van der Waals surface area contributed by atoms with E-state index in [9.17, 15) is 4.79 Å². The van der Waals surface area contributed by atoms with E-state index in [-0.39, 0.29) is 5.97 Å². The van der Waals surface area contributed by atoms with Crippen molar-refractivity contribution in [2.75, 3.05) is 19.7 Å². The Morgan fingerprint density at radius 3 is 2.82 bits per heavy atom. The summed E-state index contributed by atoms with van der Waals surface area (Å²) in [6, 6.07) is 6.45. The highest BCUT2D eigenvalue weighted by atomic mass is 16.5. The van der Waals surface area contributed by atoms with Crippen molar-refractivity contribution in [3.63, 3.8) is 0 Å². The molecule has 3 heteroatoms. The highest BCUT2D eigenvalue weighted by molar-refractivity contribution is 5.71. The molecule has 0 aromatic heterocycles. The topological polar surface area (TPSA) is 38.3 Å². The lowest BCUT2D eigenvalue weighted by atomic mass is 10.0. The molecule has 1 rings (SSSR count). The van der Waals surface area contributed by atoms with Crippen LogP contribution in [0.4, 0.5) is 0 Å². The predicted octanol–water partition coefficient (Wildman–Crippen LogP) is 2.00. The van der Waals surface area contributed by atoms with Gasteiger partial charge in [0.2, 0.25) is 0 Å². The van der Waals surface area contributed by atoms with Gasteiger partial charge in [-0.2, -0.15) is 0 Å². The summed E-state index contributed by atoms with van der Waals surface area (Å²) >= 11 is 0. The van der Waals surface area contributed by atoms with Gasteiger partial charge in [-0.25, -0.2) is 0 Å². The monoisotopic (exact) mass is 235 g/mol. The molecule has 0 unspecified atom stereocenters. The van der Waals surface area contributed by atoms with Gasteiger partial charge in [0.1, 0.15) is 0 Å². The van der Waals surface area contributed by atoms with E-state index in [4.69, 9.17) is 4.74 Å². The van der Waals surface area contributed by atoms with Crippen LogP contribution in [0.15, 0.2) is 18.2 Å². The number of rotatable bonds is 6. The molecule has 94 valence electrons. The zero-order valence-electron chi connectivity index (χ0n) is 10.9. The van der Waals surface area contributed by atoms with Crippen LogP contribution in [0, 0.1) is 13.8 Å². The van der Waals surface area contributed by atoms with Gasteiger partial charge in [0, 0.05) is 0 Å². The molecule has 1 aromatic carbocycles. The average molecular weight is 235 g/mol. The third-order valence-electron chi connectivity index (χ3n) is 2.65. The molecule has 0 atom stereocenters. The molecule has 0 spiro atoms. The molecule has 1 N–H and O–H groups in total. The summed E-state index contributed by atoms with van der Waals surface area (Å²) in [5.74, 6) is -0.187. The van der Waals surface area contributed by atoms with E-state index in [1.807, 2.05) is 6.92 Å². The average Bonchev–Trinajstić information content (AvgIpc) is 2.29. The van der Waals surface area contributed by atoms with E-state index in [2.05, 4.69) is 37.4 Å². The van der Waals surface area contributed by atoms with Crippen molar-refractivity contribution in [2.45, 2.75) is 27.2 Å². The number of carbonyl (C=O) groups is 1. The zero-order valence-corrected chi connectivity index (χ0v) is 10.9. The lowest BCUT2D eigenvalue weighted by Gasteiger charge is -2.08. The third-order valence-corrected chi connectivity index (χ3v) is 2.65. The minimum atomic E-state index is -0.187. The molecule has 1 aromatic rings. The van der Waals surface area contributed by atoms with Crippen molar-refractivity contribution in [2.24, 2.45) is 0 Å². The van der Waals surface area contributed by atoms with E-state index in [0.29, 0.717) is 13.2 Å². The number of ether oxygens (including phenoxy) is 1. The van der Waals surface area contributed by atoms with Crippen LogP contribution in [0.2, 0.25) is 0 Å². The summed E-state index contributed by atoms with van der Waals surface area (Å²) in [6.45, 7) is 7.54. The quantitative estimate of drug-likeness (QED) is 0.605. The van der Waals surface area contributed by atoms with Gasteiger partial charge in [0.25, 0.3) is 0 Å². The number of benzene rings is 1. The Morgan fingerprint density at radius 1 is 1.35 bits per heavy atom. The van der Waals surface area contributed by atoms with Crippen LogP contribution < -0.4 is 5.32 Å². The Morgan fingerprint density at radius 2 is 2.12 bits per heavy atom. The van der Waals surface area contributed by atoms with E-state index in [1.54, 1.807) is 0 Å². The summed E-state index contributed by atoms with van der Waals surface area (Å²) in [7, 11) is 0. The molecule has 0 radical (unpaired) electrons. The highest BCUT2D eigenvalue weighted by Crippen LogP contribution is 2.10. The van der Waals surface area contributed by atoms with Crippen LogP contribution in [0.25, 0.3) is 0 Å². The van der Waals surface area contributed by atoms with Gasteiger partial charge in [0.05, 0.1) is 13.2 Å². The molecule has 0 saturated carbocycles. The maximum atomic E-state index is 11.1. The summed E-state index contributed by atoms with van der Waals surface area (Å²) in [4.78, 5) is 11.1. The lowest BCUT2D eigenvalue weighted by Crippen LogP contribution is -2.26. The standard InChI is InChI=1S/C14H21NO2/c1-4-17-14(16)10-15-8-7-13-9-11(2)5-6-12(13)3/h5-6,9,15H,4,7-8,10H2,1-3H3. The summed E-state index contributed by atoms with van der Waals surface area (Å²) in [6.07, 6.45) is 0.937. The molecule has 0 aliphatic heterocycles. The summed E-state index contributed by atoms with van der Waals surface area (Å²) in [5.41, 5.74) is 3.91. The van der Waals surface area contributed by atoms with Gasteiger partial charge in [-0.05, 0) is 44.9 Å². The minimum Gasteiger partial charge on any atom is -0.465 e. The first kappa shape index (κ1) is 13.7.